The third-order valence-corrected chi connectivity index (χ3v) is 7.32. The van der Waals surface area contributed by atoms with Crippen LogP contribution in [-0.2, 0) is 11.3 Å². The van der Waals surface area contributed by atoms with Crippen LogP contribution in [0.25, 0.3) is 22.5 Å². The number of halogens is 1. The van der Waals surface area contributed by atoms with Crippen LogP contribution in [0, 0.1) is 5.82 Å². The van der Waals surface area contributed by atoms with Crippen LogP contribution in [0.5, 0.6) is 11.6 Å². The summed E-state index contributed by atoms with van der Waals surface area (Å²) in [5, 5.41) is 9.66. The Kier molecular flexibility index (Phi) is 6.01. The standard InChI is InChI=1S/C25H25FN6O2S/c26-19-13-17(21-8-10-29-32(21)23-3-1-2-12-33-23)14-28-25(19)34-18-6-4-16(5-7-18)20-9-11-31(30-20)15-22-24(27)35-22/h4-11,13-14,22-24H,1-3,12,15,27H2. The maximum atomic E-state index is 14.9. The molecule has 0 bridgehead atoms. The van der Waals surface area contributed by atoms with E-state index in [-0.39, 0.29) is 17.5 Å². The molecule has 3 unspecified atom stereocenters. The van der Waals surface area contributed by atoms with E-state index in [9.17, 15) is 4.39 Å². The number of hydrogen-bond acceptors (Lipinski definition) is 7. The fourth-order valence-corrected chi connectivity index (χ4v) is 4.88. The fourth-order valence-electron chi connectivity index (χ4n) is 4.24. The molecule has 8 nitrogen and oxygen atoms in total. The summed E-state index contributed by atoms with van der Waals surface area (Å²) < 4.78 is 30.2. The average molecular weight is 493 g/mol. The summed E-state index contributed by atoms with van der Waals surface area (Å²) in [7, 11) is 0. The highest BCUT2D eigenvalue weighted by Crippen LogP contribution is 2.38. The highest BCUT2D eigenvalue weighted by atomic mass is 32.2. The van der Waals surface area contributed by atoms with Crippen LogP contribution in [0.15, 0.2) is 61.1 Å². The zero-order chi connectivity index (χ0) is 23.8. The van der Waals surface area contributed by atoms with Crippen LogP contribution in [0.4, 0.5) is 4.39 Å². The Labute approximate surface area is 206 Å². The lowest BCUT2D eigenvalue weighted by Crippen LogP contribution is -2.19. The molecule has 0 aliphatic carbocycles. The first-order valence-corrected chi connectivity index (χ1v) is 12.6. The van der Waals surface area contributed by atoms with E-state index < -0.39 is 5.82 Å². The highest BCUT2D eigenvalue weighted by molar-refractivity contribution is 8.07. The molecule has 0 amide bonds. The molecule has 2 saturated heterocycles. The number of pyridine rings is 1. The second-order valence-corrected chi connectivity index (χ2v) is 10.1. The molecular formula is C25H25FN6O2S. The van der Waals surface area contributed by atoms with Crippen molar-refractivity contribution in [1.82, 2.24) is 24.5 Å². The van der Waals surface area contributed by atoms with Crippen LogP contribution in [-0.4, -0.2) is 41.8 Å². The molecular weight excluding hydrogens is 467 g/mol. The molecule has 0 spiro atoms. The summed E-state index contributed by atoms with van der Waals surface area (Å²) >= 11 is 1.76. The summed E-state index contributed by atoms with van der Waals surface area (Å²) in [6.45, 7) is 1.51. The summed E-state index contributed by atoms with van der Waals surface area (Å²) in [5.41, 5.74) is 9.06. The Morgan fingerprint density at radius 1 is 1.14 bits per heavy atom. The van der Waals surface area contributed by atoms with Crippen molar-refractivity contribution in [2.45, 2.75) is 42.7 Å². The summed E-state index contributed by atoms with van der Waals surface area (Å²) in [4.78, 5) is 4.23. The largest absolute Gasteiger partial charge is 0.436 e. The van der Waals surface area contributed by atoms with E-state index in [1.165, 1.54) is 6.07 Å². The van der Waals surface area contributed by atoms with Gasteiger partial charge in [0.25, 0.3) is 5.88 Å². The molecule has 0 saturated carbocycles. The molecule has 1 aromatic carbocycles. The zero-order valence-electron chi connectivity index (χ0n) is 19.0. The lowest BCUT2D eigenvalue weighted by atomic mass is 10.1. The first-order chi connectivity index (χ1) is 17.1. The second-order valence-electron chi connectivity index (χ2n) is 8.68. The van der Waals surface area contributed by atoms with Crippen molar-refractivity contribution in [2.24, 2.45) is 5.73 Å². The minimum Gasteiger partial charge on any atom is -0.436 e. The van der Waals surface area contributed by atoms with Gasteiger partial charge in [-0.1, -0.05) is 0 Å². The molecule has 2 N–H and O–H groups in total. The predicted octanol–water partition coefficient (Wildman–Crippen LogP) is 4.84. The molecule has 0 radical (unpaired) electrons. The van der Waals surface area contributed by atoms with Gasteiger partial charge in [-0.25, -0.2) is 14.1 Å². The van der Waals surface area contributed by atoms with Gasteiger partial charge >= 0.3 is 0 Å². The van der Waals surface area contributed by atoms with Gasteiger partial charge in [-0.05, 0) is 61.7 Å². The van der Waals surface area contributed by atoms with Gasteiger partial charge in [-0.15, -0.1) is 11.8 Å². The van der Waals surface area contributed by atoms with Gasteiger partial charge in [0, 0.05) is 36.3 Å². The van der Waals surface area contributed by atoms with E-state index in [1.807, 2.05) is 35.1 Å². The third kappa shape index (κ3) is 4.82. The third-order valence-electron chi connectivity index (χ3n) is 6.20. The quantitative estimate of drug-likeness (QED) is 0.369. The van der Waals surface area contributed by atoms with E-state index >= 15 is 0 Å². The van der Waals surface area contributed by atoms with Crippen molar-refractivity contribution in [2.75, 3.05) is 6.61 Å². The molecule has 6 rings (SSSR count). The molecule has 10 heteroatoms. The fraction of sp³-hybridized carbons (Fsp3) is 0.320. The van der Waals surface area contributed by atoms with E-state index in [4.69, 9.17) is 15.2 Å². The van der Waals surface area contributed by atoms with Crippen LogP contribution < -0.4 is 10.5 Å². The molecule has 2 aliphatic rings. The molecule has 3 atom stereocenters. The van der Waals surface area contributed by atoms with E-state index in [0.717, 1.165) is 42.8 Å². The Morgan fingerprint density at radius 2 is 2.00 bits per heavy atom. The number of aromatic nitrogens is 5. The second kappa shape index (κ2) is 9.44. The predicted molar refractivity (Wildman–Crippen MR) is 131 cm³/mol. The van der Waals surface area contributed by atoms with Crippen molar-refractivity contribution in [3.05, 3.63) is 66.9 Å². The van der Waals surface area contributed by atoms with E-state index in [1.54, 1.807) is 41.0 Å². The van der Waals surface area contributed by atoms with Gasteiger partial charge < -0.3 is 15.2 Å². The molecule has 35 heavy (non-hydrogen) atoms. The lowest BCUT2D eigenvalue weighted by Gasteiger charge is -2.24. The van der Waals surface area contributed by atoms with Crippen molar-refractivity contribution >= 4 is 11.8 Å². The van der Waals surface area contributed by atoms with Crippen molar-refractivity contribution in [1.29, 1.82) is 0 Å². The van der Waals surface area contributed by atoms with Gasteiger partial charge in [0.15, 0.2) is 12.0 Å². The Balaban J connectivity index is 1.14. The van der Waals surface area contributed by atoms with Gasteiger partial charge in [0.2, 0.25) is 0 Å². The summed E-state index contributed by atoms with van der Waals surface area (Å²) in [6, 6.07) is 12.6. The Morgan fingerprint density at radius 3 is 2.74 bits per heavy atom. The highest BCUT2D eigenvalue weighted by Gasteiger charge is 2.35. The number of thioether (sulfide) groups is 1. The van der Waals surface area contributed by atoms with E-state index in [2.05, 4.69) is 15.2 Å². The number of nitrogens with zero attached hydrogens (tertiary/aromatic N) is 5. The van der Waals surface area contributed by atoms with Gasteiger partial charge in [0.1, 0.15) is 5.75 Å². The summed E-state index contributed by atoms with van der Waals surface area (Å²) in [6.07, 6.45) is 8.13. The Hall–Kier alpha value is -3.21. The minimum atomic E-state index is -0.543. The van der Waals surface area contributed by atoms with Crippen LogP contribution in [0.1, 0.15) is 25.5 Å². The van der Waals surface area contributed by atoms with Crippen molar-refractivity contribution in [3.63, 3.8) is 0 Å². The van der Waals surface area contributed by atoms with Gasteiger partial charge in [0.05, 0.1) is 28.6 Å². The number of rotatable bonds is 7. The number of nitrogens with two attached hydrogens (primary N) is 1. The first-order valence-electron chi connectivity index (χ1n) is 11.7. The monoisotopic (exact) mass is 492 g/mol. The van der Waals surface area contributed by atoms with Crippen LogP contribution in [0.3, 0.4) is 0 Å². The maximum absolute atomic E-state index is 14.9. The first kappa shape index (κ1) is 22.3. The minimum absolute atomic E-state index is 0.0796. The van der Waals surface area contributed by atoms with Gasteiger partial charge in [-0.2, -0.15) is 10.2 Å². The summed E-state index contributed by atoms with van der Waals surface area (Å²) in [5.74, 6) is -0.129. The van der Waals surface area contributed by atoms with Crippen molar-refractivity contribution < 1.29 is 13.9 Å². The van der Waals surface area contributed by atoms with Gasteiger partial charge in [-0.3, -0.25) is 4.68 Å². The molecule has 180 valence electrons. The van der Waals surface area contributed by atoms with Crippen LogP contribution >= 0.6 is 11.8 Å². The molecule has 5 heterocycles. The normalized spacial score (nSPS) is 21.7. The molecule has 2 fully saturated rings. The molecule has 2 aliphatic heterocycles. The lowest BCUT2D eigenvalue weighted by molar-refractivity contribution is -0.0383. The smallest absolute Gasteiger partial charge is 0.255 e. The number of benzene rings is 1. The zero-order valence-corrected chi connectivity index (χ0v) is 19.8. The van der Waals surface area contributed by atoms with Crippen molar-refractivity contribution in [3.8, 4) is 34.1 Å². The topological polar surface area (TPSA) is 93.0 Å². The van der Waals surface area contributed by atoms with Crippen LogP contribution in [0.2, 0.25) is 0 Å². The average Bonchev–Trinajstić information content (AvgIpc) is 3.26. The molecule has 4 aromatic rings. The number of hydrogen-bond donors (Lipinski definition) is 1. The maximum Gasteiger partial charge on any atom is 0.255 e. The number of ether oxygens (including phenoxy) is 2. The SMILES string of the molecule is NC1SC1Cn1ccc(-c2ccc(Oc3ncc(-c4ccnn4C4CCCCO4)cc3F)cc2)n1. The Bertz CT molecular complexity index is 1320. The van der Waals surface area contributed by atoms with E-state index in [0.29, 0.717) is 23.2 Å². The molecule has 3 aromatic heterocycles.